The van der Waals surface area contributed by atoms with E-state index < -0.39 is 12.1 Å². The maximum atomic E-state index is 12.2. The van der Waals surface area contributed by atoms with Gasteiger partial charge in [-0.15, -0.1) is 0 Å². The monoisotopic (exact) mass is 221 g/mol. The molecule has 0 spiro atoms. The zero-order chi connectivity index (χ0) is 10.9. The predicted octanol–water partition coefficient (Wildman–Crippen LogP) is 1.90. The van der Waals surface area contributed by atoms with Crippen molar-refractivity contribution < 1.29 is 17.7 Å². The number of hydrogen-bond donors (Lipinski definition) is 1. The van der Waals surface area contributed by atoms with Gasteiger partial charge in [0.15, 0.2) is 5.82 Å². The van der Waals surface area contributed by atoms with Crippen molar-refractivity contribution in [2.75, 3.05) is 6.54 Å². The largest absolute Gasteiger partial charge is 0.471 e. The SMILES string of the molecule is FC(F)(F)c1nc([C@H]2CCCCN2)no1. The first-order chi connectivity index (χ1) is 7.07. The molecule has 0 aliphatic carbocycles. The third kappa shape index (κ3) is 2.28. The second-order valence-corrected chi connectivity index (χ2v) is 3.46. The Labute approximate surface area is 83.8 Å². The fraction of sp³-hybridized carbons (Fsp3) is 0.750. The highest BCUT2D eigenvalue weighted by Gasteiger charge is 2.39. The van der Waals surface area contributed by atoms with Gasteiger partial charge in [0.05, 0.1) is 6.04 Å². The molecule has 0 aromatic carbocycles. The highest BCUT2D eigenvalue weighted by molar-refractivity contribution is 4.97. The molecule has 2 heterocycles. The molecule has 15 heavy (non-hydrogen) atoms. The molecule has 1 aliphatic rings. The van der Waals surface area contributed by atoms with Gasteiger partial charge in [0.2, 0.25) is 0 Å². The molecule has 84 valence electrons. The maximum absolute atomic E-state index is 12.2. The Bertz CT molecular complexity index is 330. The minimum absolute atomic E-state index is 0.0991. The number of nitrogens with zero attached hydrogens (tertiary/aromatic N) is 2. The van der Waals surface area contributed by atoms with E-state index in [0.29, 0.717) is 0 Å². The van der Waals surface area contributed by atoms with Crippen molar-refractivity contribution >= 4 is 0 Å². The number of nitrogens with one attached hydrogen (secondary N) is 1. The van der Waals surface area contributed by atoms with Crippen molar-refractivity contribution in [3.8, 4) is 0 Å². The van der Waals surface area contributed by atoms with Crippen molar-refractivity contribution in [2.24, 2.45) is 0 Å². The molecule has 0 unspecified atom stereocenters. The molecular formula is C8H10F3N3O. The van der Waals surface area contributed by atoms with Crippen molar-refractivity contribution in [1.29, 1.82) is 0 Å². The average Bonchev–Trinajstić information content (AvgIpc) is 2.67. The van der Waals surface area contributed by atoms with Crippen LogP contribution in [0.3, 0.4) is 0 Å². The zero-order valence-corrected chi connectivity index (χ0v) is 7.84. The third-order valence-corrected chi connectivity index (χ3v) is 2.31. The molecule has 4 nitrogen and oxygen atoms in total. The Balaban J connectivity index is 2.12. The molecule has 1 aliphatic heterocycles. The number of halogens is 3. The van der Waals surface area contributed by atoms with Gasteiger partial charge in [0, 0.05) is 0 Å². The van der Waals surface area contributed by atoms with Gasteiger partial charge in [-0.2, -0.15) is 18.2 Å². The second kappa shape index (κ2) is 3.80. The van der Waals surface area contributed by atoms with Crippen LogP contribution in [0, 0.1) is 0 Å². The van der Waals surface area contributed by atoms with Crippen LogP contribution < -0.4 is 5.32 Å². The normalized spacial score (nSPS) is 23.0. The first-order valence-corrected chi connectivity index (χ1v) is 4.71. The highest BCUT2D eigenvalue weighted by atomic mass is 19.4. The van der Waals surface area contributed by atoms with Crippen LogP contribution in [0.25, 0.3) is 0 Å². The molecule has 1 fully saturated rings. The smallest absolute Gasteiger partial charge is 0.329 e. The van der Waals surface area contributed by atoms with E-state index in [0.717, 1.165) is 25.8 Å². The lowest BCUT2D eigenvalue weighted by Crippen LogP contribution is -2.27. The van der Waals surface area contributed by atoms with Gasteiger partial charge < -0.3 is 9.84 Å². The van der Waals surface area contributed by atoms with E-state index in [1.165, 1.54) is 0 Å². The topological polar surface area (TPSA) is 51.0 Å². The van der Waals surface area contributed by atoms with Crippen LogP contribution in [0.2, 0.25) is 0 Å². The number of piperidine rings is 1. The molecule has 0 bridgehead atoms. The quantitative estimate of drug-likeness (QED) is 0.786. The Kier molecular flexibility index (Phi) is 2.64. The van der Waals surface area contributed by atoms with Crippen molar-refractivity contribution in [3.63, 3.8) is 0 Å². The summed E-state index contributed by atoms with van der Waals surface area (Å²) in [5.41, 5.74) is 0. The molecule has 0 saturated carbocycles. The number of aromatic nitrogens is 2. The number of alkyl halides is 3. The van der Waals surface area contributed by atoms with E-state index in [1.807, 2.05) is 0 Å². The first-order valence-electron chi connectivity index (χ1n) is 4.71. The Hall–Kier alpha value is -1.11. The summed E-state index contributed by atoms with van der Waals surface area (Å²) in [6.07, 6.45) is -1.81. The molecule has 1 saturated heterocycles. The second-order valence-electron chi connectivity index (χ2n) is 3.46. The zero-order valence-electron chi connectivity index (χ0n) is 7.84. The van der Waals surface area contributed by atoms with Crippen LogP contribution in [0.15, 0.2) is 4.52 Å². The van der Waals surface area contributed by atoms with Gasteiger partial charge in [0.1, 0.15) is 0 Å². The minimum atomic E-state index is -4.56. The van der Waals surface area contributed by atoms with Gasteiger partial charge >= 0.3 is 12.1 Å². The van der Waals surface area contributed by atoms with E-state index in [1.54, 1.807) is 0 Å². The van der Waals surface area contributed by atoms with Crippen LogP contribution in [0.1, 0.15) is 37.0 Å². The summed E-state index contributed by atoms with van der Waals surface area (Å²) in [5, 5.41) is 6.39. The summed E-state index contributed by atoms with van der Waals surface area (Å²) >= 11 is 0. The van der Waals surface area contributed by atoms with Gasteiger partial charge in [-0.05, 0) is 19.4 Å². The molecular weight excluding hydrogens is 211 g/mol. The van der Waals surface area contributed by atoms with Gasteiger partial charge in [-0.3, -0.25) is 0 Å². The Morgan fingerprint density at radius 2 is 2.13 bits per heavy atom. The summed E-state index contributed by atoms with van der Waals surface area (Å²) < 4.78 is 40.6. The van der Waals surface area contributed by atoms with E-state index >= 15 is 0 Å². The summed E-state index contributed by atoms with van der Waals surface area (Å²) in [7, 11) is 0. The molecule has 0 radical (unpaired) electrons. The summed E-state index contributed by atoms with van der Waals surface area (Å²) in [6, 6.07) is -0.210. The van der Waals surface area contributed by atoms with E-state index in [4.69, 9.17) is 0 Å². The van der Waals surface area contributed by atoms with Gasteiger partial charge in [-0.1, -0.05) is 11.6 Å². The molecule has 1 aromatic heterocycles. The summed E-state index contributed by atoms with van der Waals surface area (Å²) in [4.78, 5) is 3.34. The first kappa shape index (κ1) is 10.4. The Morgan fingerprint density at radius 3 is 2.67 bits per heavy atom. The average molecular weight is 221 g/mol. The van der Waals surface area contributed by atoms with Crippen molar-refractivity contribution in [3.05, 3.63) is 11.7 Å². The van der Waals surface area contributed by atoms with E-state index in [-0.39, 0.29) is 11.9 Å². The van der Waals surface area contributed by atoms with Crippen LogP contribution >= 0.6 is 0 Å². The molecule has 1 aromatic rings. The summed E-state index contributed by atoms with van der Waals surface area (Å²) in [5.74, 6) is -1.17. The summed E-state index contributed by atoms with van der Waals surface area (Å²) in [6.45, 7) is 0.778. The molecule has 0 amide bonds. The molecule has 7 heteroatoms. The van der Waals surface area contributed by atoms with Crippen LogP contribution in [-0.4, -0.2) is 16.7 Å². The van der Waals surface area contributed by atoms with Crippen LogP contribution in [-0.2, 0) is 6.18 Å². The molecule has 1 atom stereocenters. The lowest BCUT2D eigenvalue weighted by molar-refractivity contribution is -0.159. The fourth-order valence-electron chi connectivity index (χ4n) is 1.56. The van der Waals surface area contributed by atoms with E-state index in [9.17, 15) is 13.2 Å². The fourth-order valence-corrected chi connectivity index (χ4v) is 1.56. The van der Waals surface area contributed by atoms with Crippen LogP contribution in [0.4, 0.5) is 13.2 Å². The Morgan fingerprint density at radius 1 is 1.33 bits per heavy atom. The van der Waals surface area contributed by atoms with Gasteiger partial charge in [0.25, 0.3) is 0 Å². The third-order valence-electron chi connectivity index (χ3n) is 2.31. The van der Waals surface area contributed by atoms with Crippen molar-refractivity contribution in [2.45, 2.75) is 31.5 Å². The standard InChI is InChI=1S/C8H10F3N3O/c9-8(10,11)7-13-6(14-15-7)5-3-1-2-4-12-5/h5,12H,1-4H2/t5-/m1/s1. The molecule has 1 N–H and O–H groups in total. The minimum Gasteiger partial charge on any atom is -0.329 e. The van der Waals surface area contributed by atoms with E-state index in [2.05, 4.69) is 20.0 Å². The van der Waals surface area contributed by atoms with Crippen molar-refractivity contribution in [1.82, 2.24) is 15.5 Å². The lowest BCUT2D eigenvalue weighted by atomic mass is 10.0. The lowest BCUT2D eigenvalue weighted by Gasteiger charge is -2.19. The predicted molar refractivity (Wildman–Crippen MR) is 43.9 cm³/mol. The highest BCUT2D eigenvalue weighted by Crippen LogP contribution is 2.29. The van der Waals surface area contributed by atoms with Crippen LogP contribution in [0.5, 0.6) is 0 Å². The number of hydrogen-bond acceptors (Lipinski definition) is 4. The van der Waals surface area contributed by atoms with Gasteiger partial charge in [-0.25, -0.2) is 0 Å². The maximum Gasteiger partial charge on any atom is 0.471 e. The number of rotatable bonds is 1. The molecule has 2 rings (SSSR count).